The van der Waals surface area contributed by atoms with E-state index in [2.05, 4.69) is 55.6 Å². The Kier molecular flexibility index (Phi) is 5.14. The van der Waals surface area contributed by atoms with Crippen molar-refractivity contribution in [2.45, 2.75) is 40.5 Å². The predicted octanol–water partition coefficient (Wildman–Crippen LogP) is 6.80. The molecule has 0 unspecified atom stereocenters. The summed E-state index contributed by atoms with van der Waals surface area (Å²) in [7, 11) is 0. The summed E-state index contributed by atoms with van der Waals surface area (Å²) in [6.07, 6.45) is 7.98. The molecule has 0 fully saturated rings. The van der Waals surface area contributed by atoms with E-state index >= 15 is 0 Å². The molecule has 0 aromatic heterocycles. The molecule has 0 aliphatic carbocycles. The van der Waals surface area contributed by atoms with Crippen molar-refractivity contribution in [1.82, 2.24) is 0 Å². The molecule has 0 atom stereocenters. The van der Waals surface area contributed by atoms with Crippen molar-refractivity contribution >= 4 is 17.3 Å². The first-order valence-electron chi connectivity index (χ1n) is 11.8. The smallest absolute Gasteiger partial charge is 0.269 e. The zero-order valence-electron chi connectivity index (χ0n) is 20.3. The Morgan fingerprint density at radius 1 is 1.06 bits per heavy atom. The molecule has 34 heavy (non-hydrogen) atoms. The number of hydrogen-bond donors (Lipinski definition) is 0. The number of ether oxygens (including phenoxy) is 1. The molecule has 4 nitrogen and oxygen atoms in total. The molecule has 0 saturated heterocycles. The van der Waals surface area contributed by atoms with Gasteiger partial charge in [0.15, 0.2) is 0 Å². The Labute approximate surface area is 202 Å². The normalized spacial score (nSPS) is 20.9. The highest BCUT2D eigenvalue weighted by atomic mass is 16.5. The predicted molar refractivity (Wildman–Crippen MR) is 137 cm³/mol. The molecule has 170 valence electrons. The van der Waals surface area contributed by atoms with Gasteiger partial charge in [-0.05, 0) is 70.7 Å². The van der Waals surface area contributed by atoms with Crippen LogP contribution in [0.5, 0.6) is 5.75 Å². The van der Waals surface area contributed by atoms with Gasteiger partial charge in [-0.25, -0.2) is 10.1 Å². The van der Waals surface area contributed by atoms with E-state index < -0.39 is 0 Å². The third kappa shape index (κ3) is 4.02. The second-order valence-electron chi connectivity index (χ2n) is 11.2. The van der Waals surface area contributed by atoms with Gasteiger partial charge in [-0.2, -0.15) is 0 Å². The summed E-state index contributed by atoms with van der Waals surface area (Å²) >= 11 is 0. The van der Waals surface area contributed by atoms with Crippen LogP contribution in [0.3, 0.4) is 0 Å². The number of fused-ring (bicyclic) bond motifs is 1. The maximum absolute atomic E-state index is 9.47. The molecule has 3 heterocycles. The molecular weight excluding hydrogens is 418 g/mol. The van der Waals surface area contributed by atoms with Gasteiger partial charge in [-0.1, -0.05) is 52.0 Å². The Morgan fingerprint density at radius 3 is 2.32 bits per heavy atom. The SMILES string of the molecule is [C-]#[N+]/C(C#N)=C1C=C(/C=C/c2cc3c4c(c2)CC(C)(C)CN4CC(C)(C)C3)Oc2ccccc2/1. The van der Waals surface area contributed by atoms with Gasteiger partial charge in [0.25, 0.3) is 5.70 Å². The van der Waals surface area contributed by atoms with Gasteiger partial charge >= 0.3 is 0 Å². The molecule has 2 aromatic carbocycles. The second-order valence-corrected chi connectivity index (χ2v) is 11.2. The van der Waals surface area contributed by atoms with Gasteiger partial charge in [0.2, 0.25) is 0 Å². The molecule has 0 saturated carbocycles. The van der Waals surface area contributed by atoms with E-state index in [1.807, 2.05) is 36.4 Å². The van der Waals surface area contributed by atoms with E-state index in [0.29, 0.717) is 17.1 Å². The first-order chi connectivity index (χ1) is 16.2. The summed E-state index contributed by atoms with van der Waals surface area (Å²) < 4.78 is 6.11. The van der Waals surface area contributed by atoms with Crippen LogP contribution in [0, 0.1) is 28.7 Å². The molecule has 0 radical (unpaired) electrons. The lowest BCUT2D eigenvalue weighted by atomic mass is 9.73. The lowest BCUT2D eigenvalue weighted by Gasteiger charge is -2.48. The van der Waals surface area contributed by atoms with Crippen molar-refractivity contribution in [1.29, 1.82) is 5.26 Å². The van der Waals surface area contributed by atoms with Crippen molar-refractivity contribution in [3.05, 3.63) is 93.7 Å². The fourth-order valence-corrected chi connectivity index (χ4v) is 5.71. The molecule has 0 amide bonds. The van der Waals surface area contributed by atoms with Crippen LogP contribution in [0.25, 0.3) is 16.5 Å². The number of allylic oxidation sites excluding steroid dienone is 4. The van der Waals surface area contributed by atoms with Gasteiger partial charge in [0.05, 0.1) is 12.6 Å². The van der Waals surface area contributed by atoms with Crippen LogP contribution in [0.15, 0.2) is 60.0 Å². The Bertz CT molecular complexity index is 1300. The maximum atomic E-state index is 9.47. The van der Waals surface area contributed by atoms with Crippen LogP contribution in [0.1, 0.15) is 49.9 Å². The molecule has 2 aromatic rings. The van der Waals surface area contributed by atoms with Gasteiger partial charge in [0.1, 0.15) is 11.5 Å². The third-order valence-corrected chi connectivity index (χ3v) is 6.79. The zero-order valence-corrected chi connectivity index (χ0v) is 20.3. The largest absolute Gasteiger partial charge is 0.457 e. The van der Waals surface area contributed by atoms with Crippen molar-refractivity contribution in [2.75, 3.05) is 18.0 Å². The topological polar surface area (TPSA) is 40.6 Å². The number of nitrogens with zero attached hydrogens (tertiary/aromatic N) is 3. The Morgan fingerprint density at radius 2 is 1.71 bits per heavy atom. The summed E-state index contributed by atoms with van der Waals surface area (Å²) in [5.41, 5.74) is 7.39. The summed E-state index contributed by atoms with van der Waals surface area (Å²) in [5, 5.41) is 9.47. The quantitative estimate of drug-likeness (QED) is 0.375. The van der Waals surface area contributed by atoms with E-state index in [1.165, 1.54) is 16.8 Å². The van der Waals surface area contributed by atoms with Crippen LogP contribution in [0.2, 0.25) is 0 Å². The van der Waals surface area contributed by atoms with Gasteiger partial charge in [0, 0.05) is 29.9 Å². The van der Waals surface area contributed by atoms with Gasteiger partial charge < -0.3 is 9.64 Å². The third-order valence-electron chi connectivity index (χ3n) is 6.79. The van der Waals surface area contributed by atoms with Crippen LogP contribution in [0.4, 0.5) is 5.69 Å². The van der Waals surface area contributed by atoms with Gasteiger partial charge in [-0.3, -0.25) is 0 Å². The minimum absolute atomic E-state index is 0.0735. The lowest BCUT2D eigenvalue weighted by Crippen LogP contribution is -2.48. The summed E-state index contributed by atoms with van der Waals surface area (Å²) in [6.45, 7) is 19.0. The Hall–Kier alpha value is -3.76. The first kappa shape index (κ1) is 22.1. The average Bonchev–Trinajstić information content (AvgIpc) is 2.76. The van der Waals surface area contributed by atoms with Gasteiger partial charge in [-0.15, -0.1) is 0 Å². The number of anilines is 1. The number of rotatable bonds is 2. The molecule has 4 heteroatoms. The maximum Gasteiger partial charge on any atom is 0.269 e. The van der Waals surface area contributed by atoms with Crippen molar-refractivity contribution in [3.8, 4) is 11.8 Å². The minimum Gasteiger partial charge on any atom is -0.457 e. The highest BCUT2D eigenvalue weighted by Gasteiger charge is 2.38. The number of nitriles is 1. The van der Waals surface area contributed by atoms with E-state index in [9.17, 15) is 5.26 Å². The second kappa shape index (κ2) is 7.93. The Balaban J connectivity index is 1.54. The van der Waals surface area contributed by atoms with E-state index in [1.54, 1.807) is 6.08 Å². The minimum atomic E-state index is 0.0735. The molecule has 3 aliphatic heterocycles. The summed E-state index contributed by atoms with van der Waals surface area (Å²) in [4.78, 5) is 6.03. The summed E-state index contributed by atoms with van der Waals surface area (Å²) in [5.74, 6) is 1.29. The van der Waals surface area contributed by atoms with E-state index in [-0.39, 0.29) is 16.5 Å². The molecular formula is C30H29N3O. The zero-order chi connectivity index (χ0) is 24.1. The molecule has 3 aliphatic rings. The van der Waals surface area contributed by atoms with Crippen molar-refractivity contribution in [2.24, 2.45) is 10.8 Å². The van der Waals surface area contributed by atoms with E-state index in [4.69, 9.17) is 11.3 Å². The van der Waals surface area contributed by atoms with E-state index in [0.717, 1.165) is 37.1 Å². The number of benzene rings is 2. The van der Waals surface area contributed by atoms with Crippen LogP contribution in [-0.2, 0) is 12.8 Å². The number of para-hydroxylation sites is 1. The monoisotopic (exact) mass is 447 g/mol. The summed E-state index contributed by atoms with van der Waals surface area (Å²) in [6, 6.07) is 14.2. The molecule has 0 spiro atoms. The lowest BCUT2D eigenvalue weighted by molar-refractivity contribution is 0.289. The van der Waals surface area contributed by atoms with Crippen LogP contribution >= 0.6 is 0 Å². The van der Waals surface area contributed by atoms with Crippen LogP contribution < -0.4 is 9.64 Å². The van der Waals surface area contributed by atoms with Crippen molar-refractivity contribution in [3.63, 3.8) is 0 Å². The molecule has 5 rings (SSSR count). The first-order valence-corrected chi connectivity index (χ1v) is 11.8. The standard InChI is InChI=1S/C30H29N3O/c1-29(2)15-21-12-20(13-22-16-30(3,4)19-33(18-29)28(21)22)10-11-23-14-25(26(17-31)32-5)24-8-6-7-9-27(24)34-23/h6-14H,15-16,18-19H2,1-4H3/b11-10+,26-25-. The fraction of sp³-hybridized carbons (Fsp3) is 0.333. The average molecular weight is 448 g/mol. The highest BCUT2D eigenvalue weighted by molar-refractivity contribution is 5.86. The van der Waals surface area contributed by atoms with Crippen LogP contribution in [-0.4, -0.2) is 13.1 Å². The fourth-order valence-electron chi connectivity index (χ4n) is 5.71. The number of hydrogen-bond acceptors (Lipinski definition) is 3. The highest BCUT2D eigenvalue weighted by Crippen LogP contribution is 2.45. The molecule has 0 N–H and O–H groups in total. The molecule has 0 bridgehead atoms. The van der Waals surface area contributed by atoms with Crippen molar-refractivity contribution < 1.29 is 4.74 Å².